The summed E-state index contributed by atoms with van der Waals surface area (Å²) in [4.78, 5) is 0. The minimum Gasteiger partial charge on any atom is -0.491 e. The van der Waals surface area contributed by atoms with Gasteiger partial charge in [-0.25, -0.2) is 5.84 Å². The van der Waals surface area contributed by atoms with E-state index in [0.29, 0.717) is 18.1 Å². The van der Waals surface area contributed by atoms with E-state index in [9.17, 15) is 5.11 Å². The molecule has 0 bridgehead atoms. The first-order valence-electron chi connectivity index (χ1n) is 7.17. The summed E-state index contributed by atoms with van der Waals surface area (Å²) in [6.45, 7) is 6.82. The predicted octanol–water partition coefficient (Wildman–Crippen LogP) is 1.04. The number of nitrogens with two attached hydrogens (primary N) is 1. The molecule has 5 N–H and O–H groups in total. The smallest absolute Gasteiger partial charge is 0.170 e. The van der Waals surface area contributed by atoms with Crippen molar-refractivity contribution < 1.29 is 9.84 Å². The van der Waals surface area contributed by atoms with Crippen LogP contribution >= 0.6 is 0 Å². The Kier molecular flexibility index (Phi) is 5.12. The molecule has 0 aliphatic rings. The van der Waals surface area contributed by atoms with Crippen LogP contribution in [0.2, 0.25) is 0 Å². The maximum absolute atomic E-state index is 9.95. The number of nitrogen functional groups attached to an aromatic ring is 1. The first-order chi connectivity index (χ1) is 10.4. The average Bonchev–Trinajstić information content (AvgIpc) is 2.49. The van der Waals surface area contributed by atoms with Gasteiger partial charge in [-0.1, -0.05) is 0 Å². The van der Waals surface area contributed by atoms with Crippen LogP contribution in [-0.4, -0.2) is 40.1 Å². The second kappa shape index (κ2) is 6.87. The lowest BCUT2D eigenvalue weighted by Gasteiger charge is -2.23. The lowest BCUT2D eigenvalue weighted by atomic mass is 10.1. The third kappa shape index (κ3) is 4.52. The van der Waals surface area contributed by atoms with Gasteiger partial charge in [0.25, 0.3) is 0 Å². The van der Waals surface area contributed by atoms with Crippen LogP contribution in [0.4, 0.5) is 5.82 Å². The Morgan fingerprint density at radius 1 is 1.36 bits per heavy atom. The first kappa shape index (κ1) is 16.4. The molecular weight excluding hydrogens is 282 g/mol. The van der Waals surface area contributed by atoms with Crippen molar-refractivity contribution in [1.29, 1.82) is 0 Å². The van der Waals surface area contributed by atoms with Gasteiger partial charge in [-0.05, 0) is 39.0 Å². The molecule has 2 aromatic rings. The molecule has 0 radical (unpaired) electrons. The molecular formula is C15H23N5O2. The van der Waals surface area contributed by atoms with Gasteiger partial charge in [0.2, 0.25) is 0 Å². The van der Waals surface area contributed by atoms with Crippen LogP contribution in [0.1, 0.15) is 20.8 Å². The minimum absolute atomic E-state index is 0.0374. The van der Waals surface area contributed by atoms with E-state index >= 15 is 0 Å². The molecule has 0 saturated heterocycles. The van der Waals surface area contributed by atoms with Crippen LogP contribution in [0.5, 0.6) is 5.75 Å². The molecule has 1 atom stereocenters. The van der Waals surface area contributed by atoms with Crippen molar-refractivity contribution in [1.82, 2.24) is 15.5 Å². The van der Waals surface area contributed by atoms with Crippen molar-refractivity contribution in [2.24, 2.45) is 5.84 Å². The van der Waals surface area contributed by atoms with Crippen molar-refractivity contribution in [2.75, 3.05) is 18.6 Å². The van der Waals surface area contributed by atoms with Crippen molar-refractivity contribution in [2.45, 2.75) is 32.4 Å². The third-order valence-electron chi connectivity index (χ3n) is 3.08. The number of hydrogen-bond donors (Lipinski definition) is 4. The van der Waals surface area contributed by atoms with E-state index in [0.717, 1.165) is 10.8 Å². The topological polar surface area (TPSA) is 105 Å². The second-order valence-electron chi connectivity index (χ2n) is 6.18. The van der Waals surface area contributed by atoms with Crippen LogP contribution in [0.3, 0.4) is 0 Å². The Labute approximate surface area is 129 Å². The van der Waals surface area contributed by atoms with E-state index in [4.69, 9.17) is 10.6 Å². The lowest BCUT2D eigenvalue weighted by Crippen LogP contribution is -2.42. The fraction of sp³-hybridized carbons (Fsp3) is 0.467. The Hall–Kier alpha value is -1.96. The average molecular weight is 305 g/mol. The quantitative estimate of drug-likeness (QED) is 0.467. The van der Waals surface area contributed by atoms with Crippen LogP contribution in [-0.2, 0) is 0 Å². The normalized spacial score (nSPS) is 13.1. The maximum atomic E-state index is 9.95. The Bertz CT molecular complexity index is 627. The largest absolute Gasteiger partial charge is 0.491 e. The summed E-state index contributed by atoms with van der Waals surface area (Å²) in [5.74, 6) is 6.56. The Balaban J connectivity index is 2.00. The maximum Gasteiger partial charge on any atom is 0.170 e. The number of β-amino-alcohol motifs (C(OH)–C–C–N with tert-alkyl or cyclic N) is 1. The number of nitrogens with zero attached hydrogens (tertiary/aromatic N) is 2. The molecule has 1 unspecified atom stereocenters. The summed E-state index contributed by atoms with van der Waals surface area (Å²) < 4.78 is 5.63. The minimum atomic E-state index is -0.586. The van der Waals surface area contributed by atoms with Gasteiger partial charge in [-0.2, -0.15) is 5.10 Å². The fourth-order valence-electron chi connectivity index (χ4n) is 1.93. The molecule has 1 aromatic carbocycles. The molecule has 0 amide bonds. The molecule has 1 heterocycles. The van der Waals surface area contributed by atoms with Crippen LogP contribution in [0.15, 0.2) is 24.4 Å². The Morgan fingerprint density at radius 3 is 2.82 bits per heavy atom. The van der Waals surface area contributed by atoms with Gasteiger partial charge in [0.05, 0.1) is 6.20 Å². The van der Waals surface area contributed by atoms with Crippen molar-refractivity contribution >= 4 is 16.6 Å². The molecule has 0 spiro atoms. The molecule has 0 saturated carbocycles. The van der Waals surface area contributed by atoms with Crippen LogP contribution in [0, 0.1) is 0 Å². The highest BCUT2D eigenvalue weighted by atomic mass is 16.5. The first-order valence-corrected chi connectivity index (χ1v) is 7.17. The van der Waals surface area contributed by atoms with Gasteiger partial charge in [0.15, 0.2) is 5.82 Å². The lowest BCUT2D eigenvalue weighted by molar-refractivity contribution is 0.100. The molecule has 0 aliphatic carbocycles. The zero-order chi connectivity index (χ0) is 16.2. The summed E-state index contributed by atoms with van der Waals surface area (Å²) in [5.41, 5.74) is 2.47. The molecule has 0 fully saturated rings. The second-order valence-corrected chi connectivity index (χ2v) is 6.18. The summed E-state index contributed by atoms with van der Waals surface area (Å²) in [7, 11) is 0. The standard InChI is InChI=1S/C15H23N5O2/c1-15(2,3)17-8-11(21)9-22-12-5-4-10-7-18-20-14(19-16)13(10)6-12/h4-7,11,17,21H,8-9,16H2,1-3H3,(H,19,20). The number of nitrogens with one attached hydrogen (secondary N) is 2. The molecule has 2 rings (SSSR count). The van der Waals surface area contributed by atoms with Crippen molar-refractivity contribution in [3.8, 4) is 5.75 Å². The number of aromatic nitrogens is 2. The zero-order valence-corrected chi connectivity index (χ0v) is 13.1. The highest BCUT2D eigenvalue weighted by Gasteiger charge is 2.13. The van der Waals surface area contributed by atoms with Gasteiger partial charge in [-0.15, -0.1) is 5.10 Å². The third-order valence-corrected chi connectivity index (χ3v) is 3.08. The molecule has 0 aliphatic heterocycles. The van der Waals surface area contributed by atoms with E-state index < -0.39 is 6.10 Å². The van der Waals surface area contributed by atoms with Crippen molar-refractivity contribution in [3.05, 3.63) is 24.4 Å². The summed E-state index contributed by atoms with van der Waals surface area (Å²) in [6, 6.07) is 5.53. The van der Waals surface area contributed by atoms with E-state index in [2.05, 4.69) is 20.9 Å². The van der Waals surface area contributed by atoms with Gasteiger partial charge in [0.1, 0.15) is 18.5 Å². The molecule has 22 heavy (non-hydrogen) atoms. The van der Waals surface area contributed by atoms with Crippen LogP contribution < -0.4 is 21.3 Å². The number of hydrogen-bond acceptors (Lipinski definition) is 7. The number of fused-ring (bicyclic) bond motifs is 1. The Morgan fingerprint density at radius 2 is 2.14 bits per heavy atom. The summed E-state index contributed by atoms with van der Waals surface area (Å²) >= 11 is 0. The van der Waals surface area contributed by atoms with Crippen LogP contribution in [0.25, 0.3) is 10.8 Å². The molecule has 1 aromatic heterocycles. The highest BCUT2D eigenvalue weighted by Crippen LogP contribution is 2.24. The van der Waals surface area contributed by atoms with Gasteiger partial charge in [0, 0.05) is 22.9 Å². The SMILES string of the molecule is CC(C)(C)NCC(O)COc1ccc2cnnc(NN)c2c1. The molecule has 120 valence electrons. The summed E-state index contributed by atoms with van der Waals surface area (Å²) in [5, 5.41) is 22.7. The molecule has 7 heteroatoms. The number of aliphatic hydroxyl groups excluding tert-OH is 1. The number of hydrazine groups is 1. The van der Waals surface area contributed by atoms with Gasteiger partial charge >= 0.3 is 0 Å². The number of rotatable bonds is 6. The van der Waals surface area contributed by atoms with E-state index in [1.54, 1.807) is 6.20 Å². The molecule has 7 nitrogen and oxygen atoms in total. The van der Waals surface area contributed by atoms with Gasteiger partial charge in [-0.3, -0.25) is 0 Å². The zero-order valence-electron chi connectivity index (χ0n) is 13.1. The van der Waals surface area contributed by atoms with E-state index in [1.807, 2.05) is 39.0 Å². The fourth-order valence-corrected chi connectivity index (χ4v) is 1.93. The number of aliphatic hydroxyl groups is 1. The number of ether oxygens (including phenoxy) is 1. The summed E-state index contributed by atoms with van der Waals surface area (Å²) in [6.07, 6.45) is 1.07. The predicted molar refractivity (Wildman–Crippen MR) is 86.6 cm³/mol. The number of anilines is 1. The van der Waals surface area contributed by atoms with Crippen molar-refractivity contribution in [3.63, 3.8) is 0 Å². The number of benzene rings is 1. The highest BCUT2D eigenvalue weighted by molar-refractivity contribution is 5.91. The van der Waals surface area contributed by atoms with Gasteiger partial charge < -0.3 is 20.6 Å². The van der Waals surface area contributed by atoms with E-state index in [-0.39, 0.29) is 12.1 Å². The monoisotopic (exact) mass is 305 g/mol. The van der Waals surface area contributed by atoms with E-state index in [1.165, 1.54) is 0 Å².